The summed E-state index contributed by atoms with van der Waals surface area (Å²) in [5.41, 5.74) is 6.19. The summed E-state index contributed by atoms with van der Waals surface area (Å²) >= 11 is 0. The Morgan fingerprint density at radius 1 is 0.933 bits per heavy atom. The monoisotopic (exact) mass is 394 g/mol. The summed E-state index contributed by atoms with van der Waals surface area (Å²) in [6.07, 6.45) is 7.70. The van der Waals surface area contributed by atoms with Gasteiger partial charge >= 0.3 is 0 Å². The summed E-state index contributed by atoms with van der Waals surface area (Å²) < 4.78 is 5.39. The Kier molecular flexibility index (Phi) is 4.97. The third-order valence-electron chi connectivity index (χ3n) is 6.22. The number of rotatable bonds is 4. The van der Waals surface area contributed by atoms with Gasteiger partial charge < -0.3 is 4.74 Å². The SMILES string of the molecule is COc1ccc(C23C=Nc4cccc(c42)CN(Cc2ccccc2)C/C=C\C3)cc1. The molecule has 150 valence electrons. The summed E-state index contributed by atoms with van der Waals surface area (Å²) in [6, 6.07) is 25.7. The maximum absolute atomic E-state index is 5.39. The molecule has 0 saturated carbocycles. The predicted molar refractivity (Wildman–Crippen MR) is 123 cm³/mol. The third kappa shape index (κ3) is 3.35. The number of hydrogen-bond acceptors (Lipinski definition) is 3. The second-order valence-corrected chi connectivity index (χ2v) is 8.10. The van der Waals surface area contributed by atoms with Crippen LogP contribution in [0.1, 0.15) is 28.7 Å². The summed E-state index contributed by atoms with van der Waals surface area (Å²) in [7, 11) is 1.71. The molecule has 1 unspecified atom stereocenters. The summed E-state index contributed by atoms with van der Waals surface area (Å²) in [5.74, 6) is 0.881. The highest BCUT2D eigenvalue weighted by Gasteiger charge is 2.39. The van der Waals surface area contributed by atoms with Crippen molar-refractivity contribution in [2.75, 3.05) is 13.7 Å². The molecule has 3 aromatic carbocycles. The van der Waals surface area contributed by atoms with Crippen molar-refractivity contribution in [2.24, 2.45) is 4.99 Å². The molecular formula is C27H26N2O. The first kappa shape index (κ1) is 18.8. The lowest BCUT2D eigenvalue weighted by Gasteiger charge is -2.30. The fourth-order valence-electron chi connectivity index (χ4n) is 4.73. The van der Waals surface area contributed by atoms with E-state index in [0.29, 0.717) is 0 Å². The van der Waals surface area contributed by atoms with Crippen LogP contribution in [-0.2, 0) is 18.5 Å². The molecule has 0 aliphatic carbocycles. The first-order chi connectivity index (χ1) is 14.8. The number of hydrogen-bond donors (Lipinski definition) is 0. The third-order valence-corrected chi connectivity index (χ3v) is 6.22. The topological polar surface area (TPSA) is 24.8 Å². The molecule has 3 nitrogen and oxygen atoms in total. The zero-order valence-electron chi connectivity index (χ0n) is 17.3. The van der Waals surface area contributed by atoms with E-state index >= 15 is 0 Å². The van der Waals surface area contributed by atoms with E-state index in [9.17, 15) is 0 Å². The van der Waals surface area contributed by atoms with Crippen LogP contribution in [0.4, 0.5) is 5.69 Å². The van der Waals surface area contributed by atoms with E-state index in [2.05, 4.69) is 96.1 Å². The van der Waals surface area contributed by atoms with Gasteiger partial charge in [0.2, 0.25) is 0 Å². The summed E-state index contributed by atoms with van der Waals surface area (Å²) in [5, 5.41) is 0. The summed E-state index contributed by atoms with van der Waals surface area (Å²) in [6.45, 7) is 2.78. The average Bonchev–Trinajstić information content (AvgIpc) is 3.20. The molecule has 2 aliphatic heterocycles. The Balaban J connectivity index is 1.57. The zero-order valence-corrected chi connectivity index (χ0v) is 17.3. The van der Waals surface area contributed by atoms with Crippen molar-refractivity contribution >= 4 is 11.9 Å². The van der Waals surface area contributed by atoms with Gasteiger partial charge in [0.15, 0.2) is 0 Å². The van der Waals surface area contributed by atoms with Crippen LogP contribution in [0.3, 0.4) is 0 Å². The average molecular weight is 395 g/mol. The molecule has 0 radical (unpaired) electrons. The van der Waals surface area contributed by atoms with Gasteiger partial charge in [0.05, 0.1) is 18.2 Å². The Morgan fingerprint density at radius 3 is 2.57 bits per heavy atom. The van der Waals surface area contributed by atoms with Gasteiger partial charge in [-0.25, -0.2) is 0 Å². The standard InChI is InChI=1S/C27H26N2O/c1-30-24-14-12-23(13-15-24)27-16-5-6-17-29(18-21-8-3-2-4-9-21)19-22-10-7-11-25(26(22)27)28-20-27/h2-15,20H,16-19H2,1H3/b6-5-. The van der Waals surface area contributed by atoms with E-state index < -0.39 is 0 Å². The highest BCUT2D eigenvalue weighted by molar-refractivity contribution is 5.90. The first-order valence-corrected chi connectivity index (χ1v) is 10.5. The zero-order chi connectivity index (χ0) is 20.4. The van der Waals surface area contributed by atoms with Gasteiger partial charge in [0.1, 0.15) is 5.75 Å². The lowest BCUT2D eigenvalue weighted by molar-refractivity contribution is 0.285. The van der Waals surface area contributed by atoms with Crippen LogP contribution in [0.15, 0.2) is 89.9 Å². The maximum atomic E-state index is 5.39. The molecule has 0 spiro atoms. The lowest BCUT2D eigenvalue weighted by Crippen LogP contribution is -2.29. The highest BCUT2D eigenvalue weighted by Crippen LogP contribution is 2.47. The van der Waals surface area contributed by atoms with E-state index in [1.807, 2.05) is 0 Å². The van der Waals surface area contributed by atoms with Gasteiger partial charge in [0, 0.05) is 25.8 Å². The normalized spacial score (nSPS) is 21.4. The Labute approximate surface area is 178 Å². The van der Waals surface area contributed by atoms with Crippen LogP contribution in [-0.4, -0.2) is 24.8 Å². The van der Waals surface area contributed by atoms with Gasteiger partial charge in [-0.3, -0.25) is 9.89 Å². The first-order valence-electron chi connectivity index (χ1n) is 10.5. The molecule has 2 aliphatic rings. The number of methoxy groups -OCH3 is 1. The van der Waals surface area contributed by atoms with Crippen molar-refractivity contribution in [1.29, 1.82) is 0 Å². The number of allylic oxidation sites excluding steroid dienone is 1. The Bertz CT molecular complexity index is 1090. The van der Waals surface area contributed by atoms with E-state index in [1.54, 1.807) is 7.11 Å². The molecule has 3 heteroatoms. The highest BCUT2D eigenvalue weighted by atomic mass is 16.5. The van der Waals surface area contributed by atoms with Gasteiger partial charge in [-0.2, -0.15) is 0 Å². The van der Waals surface area contributed by atoms with Crippen LogP contribution in [0.2, 0.25) is 0 Å². The molecule has 0 bridgehead atoms. The Hall–Kier alpha value is -3.17. The number of benzene rings is 3. The maximum Gasteiger partial charge on any atom is 0.118 e. The molecule has 0 fully saturated rings. The minimum Gasteiger partial charge on any atom is -0.497 e. The van der Waals surface area contributed by atoms with Crippen molar-refractivity contribution in [3.05, 3.63) is 107 Å². The van der Waals surface area contributed by atoms with Crippen molar-refractivity contribution < 1.29 is 4.74 Å². The molecule has 0 N–H and O–H groups in total. The fraction of sp³-hybridized carbons (Fsp3) is 0.222. The second-order valence-electron chi connectivity index (χ2n) is 8.10. The van der Waals surface area contributed by atoms with E-state index in [1.165, 1.54) is 22.3 Å². The van der Waals surface area contributed by atoms with Crippen LogP contribution in [0.5, 0.6) is 5.75 Å². The van der Waals surface area contributed by atoms with E-state index in [-0.39, 0.29) is 5.41 Å². The molecule has 1 atom stereocenters. The van der Waals surface area contributed by atoms with Crippen LogP contribution in [0, 0.1) is 0 Å². The predicted octanol–water partition coefficient (Wildman–Crippen LogP) is 5.66. The van der Waals surface area contributed by atoms with E-state index in [0.717, 1.165) is 37.5 Å². The van der Waals surface area contributed by atoms with Crippen LogP contribution in [0.25, 0.3) is 0 Å². The minimum atomic E-state index is -0.225. The van der Waals surface area contributed by atoms with Crippen molar-refractivity contribution in [3.63, 3.8) is 0 Å². The van der Waals surface area contributed by atoms with Crippen LogP contribution < -0.4 is 4.74 Å². The van der Waals surface area contributed by atoms with Gasteiger partial charge in [0.25, 0.3) is 0 Å². The minimum absolute atomic E-state index is 0.225. The smallest absolute Gasteiger partial charge is 0.118 e. The van der Waals surface area contributed by atoms with Gasteiger partial charge in [-0.05, 0) is 46.9 Å². The molecule has 5 rings (SSSR count). The number of nitrogens with zero attached hydrogens (tertiary/aromatic N) is 2. The van der Waals surface area contributed by atoms with Crippen molar-refractivity contribution in [3.8, 4) is 5.75 Å². The Morgan fingerprint density at radius 2 is 1.77 bits per heavy atom. The second kappa shape index (κ2) is 7.92. The molecular weight excluding hydrogens is 368 g/mol. The lowest BCUT2D eigenvalue weighted by atomic mass is 9.72. The van der Waals surface area contributed by atoms with Crippen molar-refractivity contribution in [1.82, 2.24) is 4.90 Å². The largest absolute Gasteiger partial charge is 0.497 e. The molecule has 3 aromatic rings. The number of ether oxygens (including phenoxy) is 1. The molecule has 0 amide bonds. The molecule has 0 saturated heterocycles. The fourth-order valence-corrected chi connectivity index (χ4v) is 4.73. The number of aliphatic imine (C=N–C) groups is 1. The van der Waals surface area contributed by atoms with E-state index in [4.69, 9.17) is 9.73 Å². The molecule has 0 aromatic heterocycles. The van der Waals surface area contributed by atoms with Gasteiger partial charge in [-0.15, -0.1) is 0 Å². The molecule has 30 heavy (non-hydrogen) atoms. The quantitative estimate of drug-likeness (QED) is 0.534. The van der Waals surface area contributed by atoms with Crippen LogP contribution >= 0.6 is 0 Å². The van der Waals surface area contributed by atoms with Gasteiger partial charge in [-0.1, -0.05) is 66.7 Å². The van der Waals surface area contributed by atoms with Crippen molar-refractivity contribution in [2.45, 2.75) is 24.9 Å². The summed E-state index contributed by atoms with van der Waals surface area (Å²) in [4.78, 5) is 7.36. The molecule has 2 heterocycles.